The van der Waals surface area contributed by atoms with Crippen molar-refractivity contribution in [3.8, 4) is 16.9 Å². The van der Waals surface area contributed by atoms with Crippen molar-refractivity contribution < 1.29 is 17.9 Å². The van der Waals surface area contributed by atoms with Crippen LogP contribution in [0.4, 0.5) is 13.2 Å². The SMILES string of the molecule is FC(F)(F)Oc1cccc(-c2ccc3ccc4cccc5ccc2c3c45)c1. The minimum Gasteiger partial charge on any atom is -0.406 e. The van der Waals surface area contributed by atoms with Gasteiger partial charge in [-0.1, -0.05) is 66.7 Å². The summed E-state index contributed by atoms with van der Waals surface area (Å²) in [5, 5.41) is 6.73. The van der Waals surface area contributed by atoms with Gasteiger partial charge in [0.05, 0.1) is 0 Å². The number of halogens is 3. The summed E-state index contributed by atoms with van der Waals surface area (Å²) in [4.78, 5) is 0. The Morgan fingerprint density at radius 3 is 2.00 bits per heavy atom. The highest BCUT2D eigenvalue weighted by Gasteiger charge is 2.31. The first-order valence-electron chi connectivity index (χ1n) is 8.52. The highest BCUT2D eigenvalue weighted by molar-refractivity contribution is 6.25. The Morgan fingerprint density at radius 1 is 0.630 bits per heavy atom. The molecule has 0 unspecified atom stereocenters. The van der Waals surface area contributed by atoms with Gasteiger partial charge in [-0.3, -0.25) is 0 Å². The summed E-state index contributed by atoms with van der Waals surface area (Å²) >= 11 is 0. The quantitative estimate of drug-likeness (QED) is 0.303. The maximum absolute atomic E-state index is 12.6. The minimum atomic E-state index is -4.71. The summed E-state index contributed by atoms with van der Waals surface area (Å²) in [5.74, 6) is -0.217. The number of hydrogen-bond acceptors (Lipinski definition) is 1. The lowest BCUT2D eigenvalue weighted by atomic mass is 9.90. The van der Waals surface area contributed by atoms with Gasteiger partial charge in [-0.2, -0.15) is 0 Å². The number of alkyl halides is 3. The van der Waals surface area contributed by atoms with Crippen LogP contribution in [0.15, 0.2) is 78.9 Å². The smallest absolute Gasteiger partial charge is 0.406 e. The Labute approximate surface area is 152 Å². The summed E-state index contributed by atoms with van der Waals surface area (Å²) in [7, 11) is 0. The van der Waals surface area contributed by atoms with E-state index in [-0.39, 0.29) is 5.75 Å². The molecular formula is C23H13F3O. The van der Waals surface area contributed by atoms with Crippen molar-refractivity contribution in [2.75, 3.05) is 0 Å². The predicted octanol–water partition coefficient (Wildman–Crippen LogP) is 7.15. The molecule has 0 radical (unpaired) electrons. The zero-order chi connectivity index (χ0) is 18.6. The first-order chi connectivity index (χ1) is 13.0. The van der Waals surface area contributed by atoms with Crippen LogP contribution in [-0.2, 0) is 0 Å². The Morgan fingerprint density at radius 2 is 1.26 bits per heavy atom. The molecule has 0 aromatic heterocycles. The summed E-state index contributed by atoms with van der Waals surface area (Å²) < 4.78 is 41.8. The zero-order valence-electron chi connectivity index (χ0n) is 14.0. The average Bonchev–Trinajstić information content (AvgIpc) is 2.65. The van der Waals surface area contributed by atoms with Gasteiger partial charge in [-0.15, -0.1) is 13.2 Å². The van der Waals surface area contributed by atoms with Crippen molar-refractivity contribution in [3.63, 3.8) is 0 Å². The van der Waals surface area contributed by atoms with Gasteiger partial charge in [0.25, 0.3) is 0 Å². The topological polar surface area (TPSA) is 9.23 Å². The molecule has 0 amide bonds. The van der Waals surface area contributed by atoms with E-state index in [1.807, 2.05) is 24.3 Å². The Kier molecular flexibility index (Phi) is 3.31. The van der Waals surface area contributed by atoms with Crippen molar-refractivity contribution in [1.29, 1.82) is 0 Å². The lowest BCUT2D eigenvalue weighted by Gasteiger charge is -2.15. The highest BCUT2D eigenvalue weighted by Crippen LogP contribution is 2.39. The van der Waals surface area contributed by atoms with Gasteiger partial charge in [0.1, 0.15) is 5.75 Å². The number of benzene rings is 5. The third kappa shape index (κ3) is 2.65. The van der Waals surface area contributed by atoms with Crippen LogP contribution in [0.3, 0.4) is 0 Å². The van der Waals surface area contributed by atoms with E-state index in [4.69, 9.17) is 0 Å². The third-order valence-corrected chi connectivity index (χ3v) is 4.91. The van der Waals surface area contributed by atoms with Gasteiger partial charge in [-0.05, 0) is 55.6 Å². The van der Waals surface area contributed by atoms with Crippen LogP contribution < -0.4 is 4.74 Å². The fraction of sp³-hybridized carbons (Fsp3) is 0.0435. The van der Waals surface area contributed by atoms with Crippen LogP contribution in [0.25, 0.3) is 43.4 Å². The molecule has 0 spiro atoms. The molecule has 0 heterocycles. The van der Waals surface area contributed by atoms with Crippen molar-refractivity contribution in [2.45, 2.75) is 6.36 Å². The molecule has 0 atom stereocenters. The van der Waals surface area contributed by atoms with Gasteiger partial charge in [-0.25, -0.2) is 0 Å². The third-order valence-electron chi connectivity index (χ3n) is 4.91. The fourth-order valence-corrected chi connectivity index (χ4v) is 3.85. The van der Waals surface area contributed by atoms with E-state index < -0.39 is 6.36 Å². The lowest BCUT2D eigenvalue weighted by Crippen LogP contribution is -2.17. The molecule has 132 valence electrons. The first-order valence-corrected chi connectivity index (χ1v) is 8.52. The lowest BCUT2D eigenvalue weighted by molar-refractivity contribution is -0.274. The molecule has 0 bridgehead atoms. The van der Waals surface area contributed by atoms with Crippen LogP contribution in [0, 0.1) is 0 Å². The van der Waals surface area contributed by atoms with Crippen molar-refractivity contribution >= 4 is 32.3 Å². The van der Waals surface area contributed by atoms with Crippen LogP contribution in [0.1, 0.15) is 0 Å². The summed E-state index contributed by atoms with van der Waals surface area (Å²) in [6.07, 6.45) is -4.71. The van der Waals surface area contributed by atoms with Crippen LogP contribution in [0.2, 0.25) is 0 Å². The van der Waals surface area contributed by atoms with Crippen LogP contribution >= 0.6 is 0 Å². The summed E-state index contributed by atoms with van der Waals surface area (Å²) in [6, 6.07) is 24.5. The first kappa shape index (κ1) is 15.9. The van der Waals surface area contributed by atoms with Crippen molar-refractivity contribution in [1.82, 2.24) is 0 Å². The van der Waals surface area contributed by atoms with Crippen LogP contribution in [-0.4, -0.2) is 6.36 Å². The van der Waals surface area contributed by atoms with Gasteiger partial charge in [0.2, 0.25) is 0 Å². The predicted molar refractivity (Wildman–Crippen MR) is 102 cm³/mol. The van der Waals surface area contributed by atoms with Crippen molar-refractivity contribution in [3.05, 3.63) is 78.9 Å². The molecule has 0 aliphatic carbocycles. The number of ether oxygens (including phenoxy) is 1. The molecular weight excluding hydrogens is 349 g/mol. The second kappa shape index (κ2) is 5.61. The maximum Gasteiger partial charge on any atom is 0.573 e. The molecule has 4 heteroatoms. The standard InChI is InChI=1S/C23H13F3O/c24-23(25,26)27-18-6-2-5-17(13-18)19-11-9-16-8-7-14-3-1-4-15-10-12-20(19)22(16)21(14)15/h1-13H. The van der Waals surface area contributed by atoms with E-state index >= 15 is 0 Å². The van der Waals surface area contributed by atoms with Gasteiger partial charge in [0.15, 0.2) is 0 Å². The summed E-state index contributed by atoms with van der Waals surface area (Å²) in [6.45, 7) is 0. The van der Waals surface area contributed by atoms with Gasteiger partial charge in [0, 0.05) is 0 Å². The van der Waals surface area contributed by atoms with E-state index in [1.165, 1.54) is 17.5 Å². The average molecular weight is 362 g/mol. The molecule has 0 fully saturated rings. The number of rotatable bonds is 2. The van der Waals surface area contributed by atoms with E-state index in [0.717, 1.165) is 32.5 Å². The van der Waals surface area contributed by atoms with Gasteiger partial charge >= 0.3 is 6.36 Å². The second-order valence-electron chi connectivity index (χ2n) is 6.54. The number of hydrogen-bond donors (Lipinski definition) is 0. The summed E-state index contributed by atoms with van der Waals surface area (Å²) in [5.41, 5.74) is 1.57. The molecule has 27 heavy (non-hydrogen) atoms. The molecule has 0 aliphatic heterocycles. The monoisotopic (exact) mass is 362 g/mol. The fourth-order valence-electron chi connectivity index (χ4n) is 3.85. The molecule has 5 rings (SSSR count). The van der Waals surface area contributed by atoms with E-state index in [0.29, 0.717) is 5.56 Å². The largest absolute Gasteiger partial charge is 0.573 e. The molecule has 0 saturated heterocycles. The maximum atomic E-state index is 12.6. The minimum absolute atomic E-state index is 0.217. The Bertz CT molecular complexity index is 1270. The van der Waals surface area contributed by atoms with E-state index in [2.05, 4.69) is 35.1 Å². The van der Waals surface area contributed by atoms with E-state index in [9.17, 15) is 13.2 Å². The zero-order valence-corrected chi connectivity index (χ0v) is 14.0. The molecule has 5 aromatic carbocycles. The molecule has 0 N–H and O–H groups in total. The molecule has 0 saturated carbocycles. The Balaban J connectivity index is 1.78. The molecule has 0 aliphatic rings. The van der Waals surface area contributed by atoms with Crippen LogP contribution in [0.5, 0.6) is 5.75 Å². The normalized spacial score (nSPS) is 12.3. The Hall–Kier alpha value is -3.27. The van der Waals surface area contributed by atoms with Gasteiger partial charge < -0.3 is 4.74 Å². The van der Waals surface area contributed by atoms with E-state index in [1.54, 1.807) is 12.1 Å². The second-order valence-corrected chi connectivity index (χ2v) is 6.54. The molecule has 5 aromatic rings. The molecule has 1 nitrogen and oxygen atoms in total. The highest BCUT2D eigenvalue weighted by atomic mass is 19.4. The van der Waals surface area contributed by atoms with Crippen molar-refractivity contribution in [2.24, 2.45) is 0 Å².